The fraction of sp³-hybridized carbons (Fsp3) is 0.500. The molecular weight excluding hydrogens is 284 g/mol. The van der Waals surface area contributed by atoms with Gasteiger partial charge >= 0.3 is 0 Å². The van der Waals surface area contributed by atoms with Gasteiger partial charge < -0.3 is 10.6 Å². The summed E-state index contributed by atoms with van der Waals surface area (Å²) in [5, 5.41) is 7.18. The van der Waals surface area contributed by atoms with Crippen molar-refractivity contribution in [3.63, 3.8) is 0 Å². The predicted molar refractivity (Wildman–Crippen MR) is 84.2 cm³/mol. The van der Waals surface area contributed by atoms with E-state index in [1.54, 1.807) is 0 Å². The van der Waals surface area contributed by atoms with Crippen molar-refractivity contribution in [3.8, 4) is 0 Å². The van der Waals surface area contributed by atoms with Crippen molar-refractivity contribution in [3.05, 3.63) is 29.2 Å². The van der Waals surface area contributed by atoms with E-state index in [2.05, 4.69) is 31.1 Å². The molecule has 0 spiro atoms. The summed E-state index contributed by atoms with van der Waals surface area (Å²) in [7, 11) is 0. The molecule has 1 atom stereocenters. The van der Waals surface area contributed by atoms with Gasteiger partial charge in [-0.1, -0.05) is 0 Å². The molecule has 110 valence electrons. The molecule has 0 aliphatic carbocycles. The molecule has 0 radical (unpaired) electrons. The highest BCUT2D eigenvalue weighted by atomic mass is 32.2. The Bertz CT molecular complexity index is 641. The Morgan fingerprint density at radius 2 is 2.29 bits per heavy atom. The van der Waals surface area contributed by atoms with Crippen molar-refractivity contribution in [2.75, 3.05) is 23.7 Å². The van der Waals surface area contributed by atoms with Crippen molar-refractivity contribution in [1.29, 1.82) is 0 Å². The summed E-state index contributed by atoms with van der Waals surface area (Å²) < 4.78 is 0. The van der Waals surface area contributed by atoms with E-state index >= 15 is 0 Å². The largest absolute Gasteiger partial charge is 0.368 e. The maximum Gasteiger partial charge on any atom is 0.222 e. The zero-order valence-corrected chi connectivity index (χ0v) is 12.6. The Hall–Kier alpha value is -1.76. The molecular formula is C14H18N6S. The Morgan fingerprint density at radius 1 is 1.33 bits per heavy atom. The minimum absolute atomic E-state index is 0.398. The maximum atomic E-state index is 5.89. The van der Waals surface area contributed by atoms with Gasteiger partial charge in [-0.15, -0.1) is 0 Å². The average molecular weight is 302 g/mol. The first-order chi connectivity index (χ1) is 10.3. The van der Waals surface area contributed by atoms with Crippen molar-refractivity contribution in [2.24, 2.45) is 0 Å². The summed E-state index contributed by atoms with van der Waals surface area (Å²) >= 11 is 1.89. The number of nitrogens with zero attached hydrogens (tertiary/aromatic N) is 4. The van der Waals surface area contributed by atoms with Gasteiger partial charge in [-0.05, 0) is 18.9 Å². The van der Waals surface area contributed by atoms with Crippen LogP contribution in [0.15, 0.2) is 12.3 Å². The first kappa shape index (κ1) is 12.9. The van der Waals surface area contributed by atoms with Gasteiger partial charge in [-0.25, -0.2) is 4.98 Å². The number of aromatic nitrogens is 4. The van der Waals surface area contributed by atoms with Gasteiger partial charge in [0.25, 0.3) is 0 Å². The number of thioether (sulfide) groups is 1. The van der Waals surface area contributed by atoms with E-state index in [4.69, 9.17) is 5.73 Å². The Balaban J connectivity index is 1.64. The van der Waals surface area contributed by atoms with E-state index in [0.717, 1.165) is 42.5 Å². The van der Waals surface area contributed by atoms with Crippen molar-refractivity contribution in [1.82, 2.24) is 20.2 Å². The lowest BCUT2D eigenvalue weighted by Gasteiger charge is -2.34. The fourth-order valence-electron chi connectivity index (χ4n) is 3.23. The minimum Gasteiger partial charge on any atom is -0.368 e. The molecule has 0 aromatic carbocycles. The van der Waals surface area contributed by atoms with Crippen LogP contribution in [-0.2, 0) is 11.5 Å². The third-order valence-electron chi connectivity index (χ3n) is 4.26. The van der Waals surface area contributed by atoms with E-state index in [-0.39, 0.29) is 0 Å². The van der Waals surface area contributed by atoms with Gasteiger partial charge in [0.2, 0.25) is 5.95 Å². The third kappa shape index (κ3) is 2.35. The summed E-state index contributed by atoms with van der Waals surface area (Å²) in [5.74, 6) is 3.88. The standard InChI is InChI=1S/C14H18N6S/c15-14-17-12-8-21-7-10(12)13(18-14)20-5-1-2-9(6-20)11-3-4-16-19-11/h3-4,9H,1-2,5-8H2,(H,16,19)(H2,15,17,18). The topological polar surface area (TPSA) is 83.7 Å². The number of nitrogens with two attached hydrogens (primary N) is 1. The van der Waals surface area contributed by atoms with Gasteiger partial charge in [0.15, 0.2) is 0 Å². The number of piperidine rings is 1. The molecule has 1 fully saturated rings. The maximum absolute atomic E-state index is 5.89. The van der Waals surface area contributed by atoms with Gasteiger partial charge in [-0.2, -0.15) is 21.8 Å². The highest BCUT2D eigenvalue weighted by Gasteiger charge is 2.28. The first-order valence-corrected chi connectivity index (χ1v) is 8.44. The number of hydrogen-bond donors (Lipinski definition) is 2. The van der Waals surface area contributed by atoms with E-state index in [1.807, 2.05) is 18.0 Å². The SMILES string of the molecule is Nc1nc2c(c(N3CCCC(c4ccn[nH]4)C3)n1)CSC2. The average Bonchev–Trinajstić information content (AvgIpc) is 3.17. The van der Waals surface area contributed by atoms with Crippen LogP contribution in [0.4, 0.5) is 11.8 Å². The molecule has 3 N–H and O–H groups in total. The number of fused-ring (bicyclic) bond motifs is 1. The van der Waals surface area contributed by atoms with Crippen LogP contribution in [0, 0.1) is 0 Å². The van der Waals surface area contributed by atoms with Crippen LogP contribution in [0.2, 0.25) is 0 Å². The van der Waals surface area contributed by atoms with E-state index in [1.165, 1.54) is 17.7 Å². The Labute approximate surface area is 127 Å². The summed E-state index contributed by atoms with van der Waals surface area (Å²) in [5.41, 5.74) is 9.50. The number of anilines is 2. The second kappa shape index (κ2) is 5.22. The van der Waals surface area contributed by atoms with Crippen LogP contribution in [-0.4, -0.2) is 33.3 Å². The molecule has 2 aromatic heterocycles. The highest BCUT2D eigenvalue weighted by molar-refractivity contribution is 7.98. The molecule has 6 nitrogen and oxygen atoms in total. The molecule has 0 saturated carbocycles. The minimum atomic E-state index is 0.398. The molecule has 2 aromatic rings. The van der Waals surface area contributed by atoms with Gasteiger partial charge in [0.05, 0.1) is 5.69 Å². The zero-order valence-electron chi connectivity index (χ0n) is 11.7. The van der Waals surface area contributed by atoms with E-state index in [0.29, 0.717) is 11.9 Å². The van der Waals surface area contributed by atoms with Gasteiger partial charge in [-0.3, -0.25) is 5.10 Å². The molecule has 2 aliphatic rings. The number of nitrogen functional groups attached to an aromatic ring is 1. The zero-order chi connectivity index (χ0) is 14.2. The van der Waals surface area contributed by atoms with Crippen LogP contribution in [0.1, 0.15) is 35.7 Å². The number of nitrogens with one attached hydrogen (secondary N) is 1. The Kier molecular flexibility index (Phi) is 3.21. The van der Waals surface area contributed by atoms with Gasteiger partial charge in [0, 0.05) is 48.0 Å². The monoisotopic (exact) mass is 302 g/mol. The second-order valence-corrected chi connectivity index (χ2v) is 6.61. The summed E-state index contributed by atoms with van der Waals surface area (Å²) in [6, 6.07) is 2.07. The molecule has 1 saturated heterocycles. The van der Waals surface area contributed by atoms with Crippen LogP contribution >= 0.6 is 11.8 Å². The molecule has 21 heavy (non-hydrogen) atoms. The van der Waals surface area contributed by atoms with E-state index in [9.17, 15) is 0 Å². The summed E-state index contributed by atoms with van der Waals surface area (Å²) in [4.78, 5) is 11.3. The van der Waals surface area contributed by atoms with Crippen molar-refractivity contribution in [2.45, 2.75) is 30.3 Å². The molecule has 2 aliphatic heterocycles. The van der Waals surface area contributed by atoms with Gasteiger partial charge in [0.1, 0.15) is 5.82 Å². The second-order valence-electron chi connectivity index (χ2n) is 5.62. The number of hydrogen-bond acceptors (Lipinski definition) is 6. The molecule has 1 unspecified atom stereocenters. The first-order valence-electron chi connectivity index (χ1n) is 7.28. The number of H-pyrrole nitrogens is 1. The van der Waals surface area contributed by atoms with Crippen LogP contribution in [0.5, 0.6) is 0 Å². The highest BCUT2D eigenvalue weighted by Crippen LogP contribution is 2.37. The molecule has 0 bridgehead atoms. The Morgan fingerprint density at radius 3 is 3.14 bits per heavy atom. The van der Waals surface area contributed by atoms with Crippen LogP contribution in [0.25, 0.3) is 0 Å². The predicted octanol–water partition coefficient (Wildman–Crippen LogP) is 1.91. The van der Waals surface area contributed by atoms with Crippen molar-refractivity contribution >= 4 is 23.5 Å². The quantitative estimate of drug-likeness (QED) is 0.881. The molecule has 4 rings (SSSR count). The summed E-state index contributed by atoms with van der Waals surface area (Å²) in [6.45, 7) is 2.01. The smallest absolute Gasteiger partial charge is 0.222 e. The summed E-state index contributed by atoms with van der Waals surface area (Å²) in [6.07, 6.45) is 4.18. The third-order valence-corrected chi connectivity index (χ3v) is 5.23. The molecule has 0 amide bonds. The van der Waals surface area contributed by atoms with Crippen LogP contribution < -0.4 is 10.6 Å². The number of rotatable bonds is 2. The van der Waals surface area contributed by atoms with Crippen molar-refractivity contribution < 1.29 is 0 Å². The lowest BCUT2D eigenvalue weighted by molar-refractivity contribution is 0.497. The van der Waals surface area contributed by atoms with E-state index < -0.39 is 0 Å². The number of aromatic amines is 1. The molecule has 4 heterocycles. The molecule has 7 heteroatoms. The van der Waals surface area contributed by atoms with Crippen LogP contribution in [0.3, 0.4) is 0 Å². The fourth-order valence-corrected chi connectivity index (χ4v) is 4.27. The lowest BCUT2D eigenvalue weighted by Crippen LogP contribution is -2.36. The lowest BCUT2D eigenvalue weighted by atomic mass is 9.94. The normalized spacial score (nSPS) is 21.5.